The molecule has 1 aromatic rings. The van der Waals surface area contributed by atoms with E-state index in [1.807, 2.05) is 44.6 Å². The Hall–Kier alpha value is -0.510. The van der Waals surface area contributed by atoms with Crippen LogP contribution in [0.4, 0.5) is 0 Å². The van der Waals surface area contributed by atoms with Crippen LogP contribution in [-0.4, -0.2) is 30.4 Å². The monoisotopic (exact) mass is 197 g/mol. The first-order chi connectivity index (χ1) is 6.15. The lowest BCUT2D eigenvalue weighted by molar-refractivity contribution is 0.0395. The first-order valence-electron chi connectivity index (χ1n) is 4.13. The molecule has 1 rings (SSSR count). The van der Waals surface area contributed by atoms with Crippen LogP contribution in [0.25, 0.3) is 0 Å². The van der Waals surface area contributed by atoms with Crippen molar-refractivity contribution in [3.05, 3.63) is 29.8 Å². The molecule has 0 saturated heterocycles. The second-order valence-electron chi connectivity index (χ2n) is 3.11. The molecule has 0 aliphatic rings. The predicted octanol–water partition coefficient (Wildman–Crippen LogP) is 1.96. The van der Waals surface area contributed by atoms with Crippen molar-refractivity contribution in [2.75, 3.05) is 20.4 Å². The first kappa shape index (κ1) is 10.6. The van der Waals surface area contributed by atoms with Crippen LogP contribution in [0.1, 0.15) is 11.8 Å². The third-order valence-electron chi connectivity index (χ3n) is 1.90. The minimum Gasteiger partial charge on any atom is -0.374 e. The van der Waals surface area contributed by atoms with E-state index in [2.05, 4.69) is 0 Å². The average molecular weight is 197 g/mol. The van der Waals surface area contributed by atoms with Gasteiger partial charge in [-0.1, -0.05) is 12.1 Å². The standard InChI is InChI=1S/C10H15NOS/c1-11(2)10(12)8-4-6-9(13-3)7-5-8/h4-7,10,12H,1-3H3. The lowest BCUT2D eigenvalue weighted by Crippen LogP contribution is -2.18. The molecule has 13 heavy (non-hydrogen) atoms. The molecule has 0 bridgehead atoms. The van der Waals surface area contributed by atoms with E-state index in [1.54, 1.807) is 16.7 Å². The van der Waals surface area contributed by atoms with E-state index < -0.39 is 6.23 Å². The van der Waals surface area contributed by atoms with Gasteiger partial charge in [-0.2, -0.15) is 0 Å². The van der Waals surface area contributed by atoms with Crippen molar-refractivity contribution in [2.24, 2.45) is 0 Å². The summed E-state index contributed by atoms with van der Waals surface area (Å²) >= 11 is 1.70. The highest BCUT2D eigenvalue weighted by atomic mass is 32.2. The summed E-state index contributed by atoms with van der Waals surface area (Å²) < 4.78 is 0. The zero-order chi connectivity index (χ0) is 9.84. The summed E-state index contributed by atoms with van der Waals surface area (Å²) in [4.78, 5) is 2.99. The fourth-order valence-electron chi connectivity index (χ4n) is 1.07. The van der Waals surface area contributed by atoms with Gasteiger partial charge in [-0.25, -0.2) is 0 Å². The summed E-state index contributed by atoms with van der Waals surface area (Å²) in [5.41, 5.74) is 0.933. The zero-order valence-electron chi connectivity index (χ0n) is 8.19. The van der Waals surface area contributed by atoms with E-state index in [0.717, 1.165) is 5.56 Å². The van der Waals surface area contributed by atoms with Gasteiger partial charge in [-0.3, -0.25) is 4.90 Å². The van der Waals surface area contributed by atoms with E-state index in [0.29, 0.717) is 0 Å². The Kier molecular flexibility index (Phi) is 3.78. The van der Waals surface area contributed by atoms with Crippen molar-refractivity contribution in [1.29, 1.82) is 0 Å². The smallest absolute Gasteiger partial charge is 0.133 e. The molecule has 1 atom stereocenters. The predicted molar refractivity (Wildman–Crippen MR) is 56.9 cm³/mol. The highest BCUT2D eigenvalue weighted by Gasteiger charge is 2.08. The molecular formula is C10H15NOS. The summed E-state index contributed by atoms with van der Waals surface area (Å²) in [7, 11) is 3.71. The molecule has 0 saturated carbocycles. The van der Waals surface area contributed by atoms with Gasteiger partial charge in [0.1, 0.15) is 6.23 Å². The molecule has 0 aromatic heterocycles. The Labute approximate surface area is 83.6 Å². The first-order valence-corrected chi connectivity index (χ1v) is 5.36. The number of nitrogens with zero attached hydrogens (tertiary/aromatic N) is 1. The largest absolute Gasteiger partial charge is 0.374 e. The van der Waals surface area contributed by atoms with E-state index >= 15 is 0 Å². The number of benzene rings is 1. The second-order valence-corrected chi connectivity index (χ2v) is 3.99. The van der Waals surface area contributed by atoms with Crippen LogP contribution in [0, 0.1) is 0 Å². The molecule has 0 fully saturated rings. The van der Waals surface area contributed by atoms with Crippen molar-refractivity contribution >= 4 is 11.8 Å². The van der Waals surface area contributed by atoms with Crippen LogP contribution < -0.4 is 0 Å². The third-order valence-corrected chi connectivity index (χ3v) is 2.65. The Balaban J connectivity index is 2.79. The number of rotatable bonds is 3. The van der Waals surface area contributed by atoms with Crippen molar-refractivity contribution in [3.63, 3.8) is 0 Å². The van der Waals surface area contributed by atoms with Gasteiger partial charge in [-0.05, 0) is 38.0 Å². The molecule has 0 heterocycles. The summed E-state index contributed by atoms with van der Waals surface area (Å²) in [5.74, 6) is 0. The summed E-state index contributed by atoms with van der Waals surface area (Å²) in [6, 6.07) is 7.95. The number of aliphatic hydroxyl groups excluding tert-OH is 1. The van der Waals surface area contributed by atoms with Gasteiger partial charge >= 0.3 is 0 Å². The van der Waals surface area contributed by atoms with Gasteiger partial charge in [0.05, 0.1) is 0 Å². The van der Waals surface area contributed by atoms with Crippen molar-refractivity contribution in [1.82, 2.24) is 4.90 Å². The van der Waals surface area contributed by atoms with E-state index in [4.69, 9.17) is 0 Å². The van der Waals surface area contributed by atoms with Crippen molar-refractivity contribution in [2.45, 2.75) is 11.1 Å². The molecule has 0 spiro atoms. The second kappa shape index (κ2) is 4.65. The molecule has 3 heteroatoms. The summed E-state index contributed by atoms with van der Waals surface area (Å²) in [5, 5.41) is 9.68. The molecule has 72 valence electrons. The Morgan fingerprint density at radius 3 is 2.15 bits per heavy atom. The molecule has 1 N–H and O–H groups in total. The minimum absolute atomic E-state index is 0.504. The van der Waals surface area contributed by atoms with Crippen LogP contribution in [0.2, 0.25) is 0 Å². The molecular weight excluding hydrogens is 182 g/mol. The third kappa shape index (κ3) is 2.72. The van der Waals surface area contributed by atoms with Gasteiger partial charge in [0.25, 0.3) is 0 Å². The molecule has 1 aromatic carbocycles. The Morgan fingerprint density at radius 2 is 1.77 bits per heavy atom. The molecule has 0 amide bonds. The van der Waals surface area contributed by atoms with E-state index in [1.165, 1.54) is 4.90 Å². The fraction of sp³-hybridized carbons (Fsp3) is 0.400. The van der Waals surface area contributed by atoms with Gasteiger partial charge in [-0.15, -0.1) is 11.8 Å². The molecule has 0 radical (unpaired) electrons. The molecule has 0 aliphatic heterocycles. The van der Waals surface area contributed by atoms with Gasteiger partial charge < -0.3 is 5.11 Å². The minimum atomic E-state index is -0.504. The zero-order valence-corrected chi connectivity index (χ0v) is 9.01. The lowest BCUT2D eigenvalue weighted by atomic mass is 10.2. The van der Waals surface area contributed by atoms with Gasteiger partial charge in [0.15, 0.2) is 0 Å². The SMILES string of the molecule is CSc1ccc(C(O)N(C)C)cc1. The fourth-order valence-corrected chi connectivity index (χ4v) is 1.48. The van der Waals surface area contributed by atoms with Crippen LogP contribution in [0.15, 0.2) is 29.2 Å². The summed E-state index contributed by atoms with van der Waals surface area (Å²) in [6.07, 6.45) is 1.54. The highest BCUT2D eigenvalue weighted by molar-refractivity contribution is 7.98. The average Bonchev–Trinajstić information content (AvgIpc) is 2.17. The van der Waals surface area contributed by atoms with Crippen molar-refractivity contribution in [3.8, 4) is 0 Å². The van der Waals surface area contributed by atoms with Crippen LogP contribution in [-0.2, 0) is 0 Å². The maximum Gasteiger partial charge on any atom is 0.133 e. The van der Waals surface area contributed by atoms with Crippen LogP contribution in [0.3, 0.4) is 0 Å². The molecule has 1 unspecified atom stereocenters. The number of hydrogen-bond acceptors (Lipinski definition) is 3. The molecule has 2 nitrogen and oxygen atoms in total. The number of thioether (sulfide) groups is 1. The summed E-state index contributed by atoms with van der Waals surface area (Å²) in [6.45, 7) is 0. The lowest BCUT2D eigenvalue weighted by Gasteiger charge is -2.18. The van der Waals surface area contributed by atoms with Gasteiger partial charge in [0, 0.05) is 4.90 Å². The Morgan fingerprint density at radius 1 is 1.23 bits per heavy atom. The van der Waals surface area contributed by atoms with Crippen LogP contribution in [0.5, 0.6) is 0 Å². The number of hydrogen-bond donors (Lipinski definition) is 1. The quantitative estimate of drug-likeness (QED) is 0.592. The van der Waals surface area contributed by atoms with E-state index in [9.17, 15) is 5.11 Å². The maximum atomic E-state index is 9.68. The topological polar surface area (TPSA) is 23.5 Å². The van der Waals surface area contributed by atoms with Crippen molar-refractivity contribution < 1.29 is 5.11 Å². The maximum absolute atomic E-state index is 9.68. The Bertz CT molecular complexity index is 258. The van der Waals surface area contributed by atoms with Gasteiger partial charge in [0.2, 0.25) is 0 Å². The van der Waals surface area contributed by atoms with E-state index in [-0.39, 0.29) is 0 Å². The number of aliphatic hydroxyl groups is 1. The van der Waals surface area contributed by atoms with Crippen LogP contribution >= 0.6 is 11.8 Å². The highest BCUT2D eigenvalue weighted by Crippen LogP contribution is 2.19. The normalized spacial score (nSPS) is 13.3. The molecule has 0 aliphatic carbocycles.